The fraction of sp³-hybridized carbons (Fsp3) is 0.158. The van der Waals surface area contributed by atoms with E-state index in [1.165, 1.54) is 16.8 Å². The van der Waals surface area contributed by atoms with Gasteiger partial charge >= 0.3 is 0 Å². The van der Waals surface area contributed by atoms with Gasteiger partial charge in [0.15, 0.2) is 0 Å². The summed E-state index contributed by atoms with van der Waals surface area (Å²) in [4.78, 5) is 11.1. The van der Waals surface area contributed by atoms with Crippen LogP contribution in [0, 0.1) is 6.92 Å². The lowest BCUT2D eigenvalue weighted by molar-refractivity contribution is 0.965. The molecule has 4 nitrogen and oxygen atoms in total. The Labute approximate surface area is 135 Å². The summed E-state index contributed by atoms with van der Waals surface area (Å²) < 4.78 is 0. The smallest absolute Gasteiger partial charge is 0.138 e. The number of rotatable bonds is 3. The number of para-hydroxylation sites is 2. The van der Waals surface area contributed by atoms with Gasteiger partial charge in [-0.1, -0.05) is 36.4 Å². The highest BCUT2D eigenvalue weighted by Gasteiger charge is 2.21. The lowest BCUT2D eigenvalue weighted by atomic mass is 10.2. The molecule has 4 heteroatoms. The minimum Gasteiger partial charge on any atom is -0.340 e. The normalized spacial score (nSPS) is 13.0. The number of nitrogens with one attached hydrogen (secondary N) is 1. The number of benzene rings is 2. The zero-order chi connectivity index (χ0) is 15.6. The Kier molecular flexibility index (Phi) is 3.42. The molecule has 1 N–H and O–H groups in total. The van der Waals surface area contributed by atoms with Crippen LogP contribution in [0.1, 0.15) is 11.1 Å². The quantitative estimate of drug-likeness (QED) is 0.786. The first-order valence-corrected chi connectivity index (χ1v) is 7.81. The Balaban J connectivity index is 1.64. The summed E-state index contributed by atoms with van der Waals surface area (Å²) in [6.45, 7) is 3.04. The van der Waals surface area contributed by atoms with Crippen molar-refractivity contribution in [2.24, 2.45) is 0 Å². The summed E-state index contributed by atoms with van der Waals surface area (Å²) in [5.41, 5.74) is 4.88. The number of aryl methyl sites for hydroxylation is 1. The predicted octanol–water partition coefficient (Wildman–Crippen LogP) is 4.22. The molecule has 0 spiro atoms. The number of aromatic nitrogens is 2. The van der Waals surface area contributed by atoms with Crippen molar-refractivity contribution in [2.45, 2.75) is 13.3 Å². The van der Waals surface area contributed by atoms with Gasteiger partial charge in [0.1, 0.15) is 18.0 Å². The van der Waals surface area contributed by atoms with Crippen molar-refractivity contribution in [2.75, 3.05) is 16.8 Å². The molecule has 0 saturated carbocycles. The average molecular weight is 302 g/mol. The Morgan fingerprint density at radius 2 is 1.83 bits per heavy atom. The lowest BCUT2D eigenvalue weighted by Crippen LogP contribution is -2.15. The molecular formula is C19H18N4. The third-order valence-electron chi connectivity index (χ3n) is 4.22. The number of hydrogen-bond donors (Lipinski definition) is 1. The third-order valence-corrected chi connectivity index (χ3v) is 4.22. The molecule has 4 rings (SSSR count). The Hall–Kier alpha value is -2.88. The summed E-state index contributed by atoms with van der Waals surface area (Å²) in [7, 11) is 0. The van der Waals surface area contributed by atoms with Crippen LogP contribution >= 0.6 is 0 Å². The van der Waals surface area contributed by atoms with Gasteiger partial charge in [0.2, 0.25) is 0 Å². The second kappa shape index (κ2) is 5.72. The van der Waals surface area contributed by atoms with Gasteiger partial charge in [-0.15, -0.1) is 0 Å². The van der Waals surface area contributed by atoms with Crippen molar-refractivity contribution < 1.29 is 0 Å². The van der Waals surface area contributed by atoms with Crippen molar-refractivity contribution in [3.8, 4) is 0 Å². The minimum atomic E-state index is 0.814. The molecule has 0 unspecified atom stereocenters. The summed E-state index contributed by atoms with van der Waals surface area (Å²) >= 11 is 0. The molecule has 114 valence electrons. The van der Waals surface area contributed by atoms with Gasteiger partial charge in [0.05, 0.1) is 0 Å². The number of anilines is 4. The van der Waals surface area contributed by atoms with E-state index >= 15 is 0 Å². The van der Waals surface area contributed by atoms with Crippen LogP contribution in [-0.2, 0) is 6.42 Å². The maximum absolute atomic E-state index is 4.46. The molecule has 2 aromatic carbocycles. The van der Waals surface area contributed by atoms with Crippen LogP contribution in [0.5, 0.6) is 0 Å². The van der Waals surface area contributed by atoms with Crippen molar-refractivity contribution in [3.63, 3.8) is 0 Å². The highest BCUT2D eigenvalue weighted by atomic mass is 15.2. The molecule has 0 bridgehead atoms. The zero-order valence-electron chi connectivity index (χ0n) is 13.0. The van der Waals surface area contributed by atoms with Gasteiger partial charge in [-0.25, -0.2) is 9.97 Å². The molecule has 2 heterocycles. The van der Waals surface area contributed by atoms with Gasteiger partial charge in [-0.3, -0.25) is 0 Å². The summed E-state index contributed by atoms with van der Waals surface area (Å²) in [6.07, 6.45) is 2.68. The van der Waals surface area contributed by atoms with Gasteiger partial charge in [-0.2, -0.15) is 0 Å². The Morgan fingerprint density at radius 1 is 1.00 bits per heavy atom. The molecule has 0 amide bonds. The first-order chi connectivity index (χ1) is 11.3. The van der Waals surface area contributed by atoms with Crippen molar-refractivity contribution >= 4 is 23.0 Å². The maximum atomic E-state index is 4.46. The van der Waals surface area contributed by atoms with Crippen LogP contribution in [0.4, 0.5) is 23.0 Å². The van der Waals surface area contributed by atoms with Gasteiger partial charge in [0.25, 0.3) is 0 Å². The van der Waals surface area contributed by atoms with E-state index in [4.69, 9.17) is 0 Å². The maximum Gasteiger partial charge on any atom is 0.138 e. The van der Waals surface area contributed by atoms with E-state index in [1.807, 2.05) is 18.2 Å². The molecule has 0 saturated heterocycles. The molecule has 1 aliphatic rings. The van der Waals surface area contributed by atoms with Crippen molar-refractivity contribution in [1.29, 1.82) is 0 Å². The number of fused-ring (bicyclic) bond motifs is 1. The van der Waals surface area contributed by atoms with Crippen LogP contribution in [0.15, 0.2) is 60.9 Å². The summed E-state index contributed by atoms with van der Waals surface area (Å²) in [5.74, 6) is 1.75. The highest BCUT2D eigenvalue weighted by Crippen LogP contribution is 2.33. The Morgan fingerprint density at radius 3 is 2.74 bits per heavy atom. The van der Waals surface area contributed by atoms with E-state index in [2.05, 4.69) is 63.5 Å². The summed E-state index contributed by atoms with van der Waals surface area (Å²) in [5, 5.41) is 3.38. The topological polar surface area (TPSA) is 41.0 Å². The molecule has 0 fully saturated rings. The molecule has 0 radical (unpaired) electrons. The molecule has 0 aliphatic carbocycles. The fourth-order valence-electron chi connectivity index (χ4n) is 2.99. The molecule has 1 aliphatic heterocycles. The van der Waals surface area contributed by atoms with E-state index < -0.39 is 0 Å². The first-order valence-electron chi connectivity index (χ1n) is 7.81. The lowest BCUT2D eigenvalue weighted by Gasteiger charge is -2.19. The van der Waals surface area contributed by atoms with Crippen LogP contribution < -0.4 is 10.2 Å². The standard InChI is InChI=1S/C19H18N4/c1-14-6-2-4-8-16(14)22-18-12-19(21-13-20-18)23-11-10-15-7-3-5-9-17(15)23/h2-9,12-13H,10-11H2,1H3,(H,20,21,22). The summed E-state index contributed by atoms with van der Waals surface area (Å²) in [6, 6.07) is 18.7. The first kappa shape index (κ1) is 13.8. The van der Waals surface area contributed by atoms with Gasteiger partial charge < -0.3 is 10.2 Å². The van der Waals surface area contributed by atoms with E-state index in [0.29, 0.717) is 0 Å². The average Bonchev–Trinajstić information content (AvgIpc) is 3.01. The van der Waals surface area contributed by atoms with Gasteiger partial charge in [0, 0.05) is 24.0 Å². The monoisotopic (exact) mass is 302 g/mol. The SMILES string of the molecule is Cc1ccccc1Nc1cc(N2CCc3ccccc32)ncn1. The Bertz CT molecular complexity index is 844. The molecular weight excluding hydrogens is 284 g/mol. The van der Waals surface area contributed by atoms with E-state index in [1.54, 1.807) is 6.33 Å². The highest BCUT2D eigenvalue weighted by molar-refractivity contribution is 5.70. The largest absolute Gasteiger partial charge is 0.340 e. The van der Waals surface area contributed by atoms with Crippen LogP contribution in [0.25, 0.3) is 0 Å². The number of nitrogens with zero attached hydrogens (tertiary/aromatic N) is 3. The molecule has 3 aromatic rings. The second-order valence-electron chi connectivity index (χ2n) is 5.73. The molecule has 23 heavy (non-hydrogen) atoms. The van der Waals surface area contributed by atoms with E-state index in [0.717, 1.165) is 30.3 Å². The third kappa shape index (κ3) is 2.63. The predicted molar refractivity (Wildman–Crippen MR) is 93.6 cm³/mol. The van der Waals surface area contributed by atoms with E-state index in [9.17, 15) is 0 Å². The fourth-order valence-corrected chi connectivity index (χ4v) is 2.99. The van der Waals surface area contributed by atoms with Crippen LogP contribution in [0.3, 0.4) is 0 Å². The number of hydrogen-bond acceptors (Lipinski definition) is 4. The second-order valence-corrected chi connectivity index (χ2v) is 5.73. The van der Waals surface area contributed by atoms with E-state index in [-0.39, 0.29) is 0 Å². The minimum absolute atomic E-state index is 0.814. The molecule has 0 atom stereocenters. The van der Waals surface area contributed by atoms with Crippen molar-refractivity contribution in [1.82, 2.24) is 9.97 Å². The zero-order valence-corrected chi connectivity index (χ0v) is 13.0. The van der Waals surface area contributed by atoms with Crippen LogP contribution in [0.2, 0.25) is 0 Å². The van der Waals surface area contributed by atoms with Crippen molar-refractivity contribution in [3.05, 3.63) is 72.1 Å². The molecule has 1 aromatic heterocycles. The van der Waals surface area contributed by atoms with Crippen LogP contribution in [-0.4, -0.2) is 16.5 Å². The van der Waals surface area contributed by atoms with Gasteiger partial charge in [-0.05, 0) is 36.6 Å².